The molecule has 0 rings (SSSR count). The van der Waals surface area contributed by atoms with E-state index in [0.717, 1.165) is 0 Å². The maximum absolute atomic E-state index is 11.1. The smallest absolute Gasteiger partial charge is 0.368 e. The van der Waals surface area contributed by atoms with Gasteiger partial charge in [-0.2, -0.15) is 4.89 Å². The molecule has 17 heavy (non-hydrogen) atoms. The number of ether oxygens (including phenoxy) is 1. The van der Waals surface area contributed by atoms with Crippen LogP contribution in [0.15, 0.2) is 24.3 Å². The minimum Gasteiger partial charge on any atom is -0.460 e. The largest absolute Gasteiger partial charge is 0.460 e. The molecule has 0 atom stereocenters. The number of hydrogen-bond donors (Lipinski definition) is 0. The van der Waals surface area contributed by atoms with Crippen molar-refractivity contribution in [3.8, 4) is 0 Å². The molecule has 0 aliphatic heterocycles. The summed E-state index contributed by atoms with van der Waals surface area (Å²) in [4.78, 5) is 31.2. The van der Waals surface area contributed by atoms with Crippen molar-refractivity contribution < 1.29 is 24.1 Å². The molecule has 0 aliphatic rings. The predicted molar refractivity (Wildman–Crippen MR) is 61.9 cm³/mol. The fourth-order valence-corrected chi connectivity index (χ4v) is 0.713. The molecule has 0 unspecified atom stereocenters. The van der Waals surface area contributed by atoms with Gasteiger partial charge in [0.1, 0.15) is 13.2 Å². The topological polar surface area (TPSA) is 61.8 Å². The van der Waals surface area contributed by atoms with Crippen molar-refractivity contribution in [1.29, 1.82) is 0 Å². The van der Waals surface area contributed by atoms with E-state index in [2.05, 4.69) is 22.9 Å². The van der Waals surface area contributed by atoms with E-state index in [1.165, 1.54) is 0 Å². The predicted octanol–water partition coefficient (Wildman–Crippen LogP) is 1.94. The highest BCUT2D eigenvalue weighted by Gasteiger charge is 2.08. The molecule has 0 spiro atoms. The van der Waals surface area contributed by atoms with Crippen LogP contribution in [0.4, 0.5) is 0 Å². The van der Waals surface area contributed by atoms with Crippen LogP contribution in [0, 0.1) is 0 Å². The van der Waals surface area contributed by atoms with Gasteiger partial charge in [-0.25, -0.2) is 9.59 Å². The second kappa shape index (κ2) is 8.52. The molecule has 0 aromatic rings. The number of carbonyl (C=O) groups excluding carboxylic acids is 2. The molecular formula is C12H18O5. The van der Waals surface area contributed by atoms with Crippen LogP contribution < -0.4 is 0 Å². The molecular weight excluding hydrogens is 224 g/mol. The van der Waals surface area contributed by atoms with Crippen molar-refractivity contribution in [3.05, 3.63) is 24.3 Å². The lowest BCUT2D eigenvalue weighted by molar-refractivity contribution is -0.271. The molecule has 0 amide bonds. The lowest BCUT2D eigenvalue weighted by Crippen LogP contribution is -2.14. The van der Waals surface area contributed by atoms with E-state index in [4.69, 9.17) is 4.74 Å². The first kappa shape index (κ1) is 15.4. The van der Waals surface area contributed by atoms with E-state index in [-0.39, 0.29) is 13.2 Å². The van der Waals surface area contributed by atoms with Crippen LogP contribution in [-0.2, 0) is 24.1 Å². The van der Waals surface area contributed by atoms with Gasteiger partial charge in [0, 0.05) is 11.1 Å². The summed E-state index contributed by atoms with van der Waals surface area (Å²) >= 11 is 0. The van der Waals surface area contributed by atoms with Crippen LogP contribution >= 0.6 is 0 Å². The molecule has 0 aliphatic carbocycles. The molecule has 0 fully saturated rings. The van der Waals surface area contributed by atoms with Crippen LogP contribution in [0.5, 0.6) is 0 Å². The van der Waals surface area contributed by atoms with Crippen molar-refractivity contribution in [2.24, 2.45) is 0 Å². The fourth-order valence-electron chi connectivity index (χ4n) is 0.713. The molecule has 0 saturated carbocycles. The zero-order valence-electron chi connectivity index (χ0n) is 10.3. The van der Waals surface area contributed by atoms with Gasteiger partial charge >= 0.3 is 11.9 Å². The summed E-state index contributed by atoms with van der Waals surface area (Å²) in [7, 11) is 0. The third-order valence-corrected chi connectivity index (χ3v) is 1.97. The standard InChI is InChI=1S/C12H18O5/c1-5-9(3)11(13)15-7-8-16-17-12(14)10(4)6-2/h3-8H2,1-2H3. The molecule has 0 saturated heterocycles. The van der Waals surface area contributed by atoms with Gasteiger partial charge in [-0.15, -0.1) is 0 Å². The van der Waals surface area contributed by atoms with Crippen LogP contribution in [0.1, 0.15) is 26.7 Å². The highest BCUT2D eigenvalue weighted by molar-refractivity contribution is 5.87. The van der Waals surface area contributed by atoms with Gasteiger partial charge in [-0.1, -0.05) is 27.0 Å². The van der Waals surface area contributed by atoms with Crippen LogP contribution in [0.25, 0.3) is 0 Å². The van der Waals surface area contributed by atoms with Crippen LogP contribution in [-0.4, -0.2) is 25.2 Å². The molecule has 0 radical (unpaired) electrons. The quantitative estimate of drug-likeness (QED) is 0.214. The summed E-state index contributed by atoms with van der Waals surface area (Å²) in [6.45, 7) is 10.6. The first-order valence-corrected chi connectivity index (χ1v) is 5.39. The Morgan fingerprint density at radius 1 is 0.941 bits per heavy atom. The van der Waals surface area contributed by atoms with Crippen molar-refractivity contribution in [3.63, 3.8) is 0 Å². The summed E-state index contributed by atoms with van der Waals surface area (Å²) in [5, 5.41) is 0. The molecule has 0 N–H and O–H groups in total. The zero-order valence-corrected chi connectivity index (χ0v) is 10.3. The summed E-state index contributed by atoms with van der Waals surface area (Å²) in [5.74, 6) is -1.09. The van der Waals surface area contributed by atoms with Crippen molar-refractivity contribution in [2.45, 2.75) is 26.7 Å². The Balaban J connectivity index is 3.60. The molecule has 0 heterocycles. The van der Waals surface area contributed by atoms with Gasteiger partial charge in [0.05, 0.1) is 0 Å². The number of esters is 1. The monoisotopic (exact) mass is 242 g/mol. The Hall–Kier alpha value is -1.62. The Labute approximate surface area is 101 Å². The fraction of sp³-hybridized carbons (Fsp3) is 0.500. The van der Waals surface area contributed by atoms with E-state index in [1.807, 2.05) is 0 Å². The lowest BCUT2D eigenvalue weighted by Gasteiger charge is -2.06. The molecule has 0 aromatic carbocycles. The van der Waals surface area contributed by atoms with Crippen molar-refractivity contribution >= 4 is 11.9 Å². The number of rotatable bonds is 8. The van der Waals surface area contributed by atoms with E-state index in [0.29, 0.717) is 24.0 Å². The summed E-state index contributed by atoms with van der Waals surface area (Å²) < 4.78 is 4.79. The van der Waals surface area contributed by atoms with Gasteiger partial charge in [-0.05, 0) is 12.8 Å². The highest BCUT2D eigenvalue weighted by Crippen LogP contribution is 2.01. The average molecular weight is 242 g/mol. The van der Waals surface area contributed by atoms with E-state index in [9.17, 15) is 9.59 Å². The van der Waals surface area contributed by atoms with Crippen LogP contribution in [0.2, 0.25) is 0 Å². The zero-order chi connectivity index (χ0) is 13.3. The minimum absolute atomic E-state index is 0.00370. The molecule has 5 nitrogen and oxygen atoms in total. The average Bonchev–Trinajstić information content (AvgIpc) is 2.35. The minimum atomic E-state index is -0.614. The SMILES string of the molecule is C=C(CC)C(=O)OCCOOC(=O)C(=C)CC. The second-order valence-electron chi connectivity index (χ2n) is 3.24. The maximum atomic E-state index is 11.1. The summed E-state index contributed by atoms with van der Waals surface area (Å²) in [6, 6.07) is 0. The third-order valence-electron chi connectivity index (χ3n) is 1.97. The lowest BCUT2D eigenvalue weighted by atomic mass is 10.2. The van der Waals surface area contributed by atoms with E-state index in [1.54, 1.807) is 13.8 Å². The maximum Gasteiger partial charge on any atom is 0.368 e. The van der Waals surface area contributed by atoms with Gasteiger partial charge in [0.15, 0.2) is 0 Å². The summed E-state index contributed by atoms with van der Waals surface area (Å²) in [5.41, 5.74) is 0.711. The third kappa shape index (κ3) is 6.52. The molecule has 96 valence electrons. The molecule has 0 aromatic heterocycles. The first-order chi connectivity index (χ1) is 8.02. The van der Waals surface area contributed by atoms with Crippen molar-refractivity contribution in [1.82, 2.24) is 0 Å². The van der Waals surface area contributed by atoms with Gasteiger partial charge in [0.2, 0.25) is 0 Å². The number of carbonyl (C=O) groups is 2. The molecule has 0 bridgehead atoms. The Kier molecular flexibility index (Phi) is 7.71. The molecule has 5 heteroatoms. The van der Waals surface area contributed by atoms with E-state index < -0.39 is 11.9 Å². The number of hydrogen-bond acceptors (Lipinski definition) is 5. The first-order valence-electron chi connectivity index (χ1n) is 5.39. The van der Waals surface area contributed by atoms with Gasteiger partial charge in [0.25, 0.3) is 0 Å². The van der Waals surface area contributed by atoms with Gasteiger partial charge in [-0.3, -0.25) is 4.89 Å². The van der Waals surface area contributed by atoms with E-state index >= 15 is 0 Å². The van der Waals surface area contributed by atoms with Gasteiger partial charge < -0.3 is 4.74 Å². The Morgan fingerprint density at radius 2 is 1.47 bits per heavy atom. The second-order valence-corrected chi connectivity index (χ2v) is 3.24. The Bertz CT molecular complexity index is 276. The normalized spacial score (nSPS) is 9.53. The van der Waals surface area contributed by atoms with Crippen LogP contribution in [0.3, 0.4) is 0 Å². The highest BCUT2D eigenvalue weighted by atomic mass is 17.2. The Morgan fingerprint density at radius 3 is 2.00 bits per heavy atom. The summed E-state index contributed by atoms with van der Waals surface area (Å²) in [6.07, 6.45) is 1.03. The van der Waals surface area contributed by atoms with Crippen molar-refractivity contribution in [2.75, 3.05) is 13.2 Å².